The number of nitrogens with two attached hydrogens (primary N) is 1. The van der Waals surface area contributed by atoms with Crippen molar-refractivity contribution in [3.8, 4) is 5.75 Å². The number of benzene rings is 1. The van der Waals surface area contributed by atoms with Crippen LogP contribution in [0, 0.1) is 5.92 Å². The maximum Gasteiger partial charge on any atom is 0.154 e. The van der Waals surface area contributed by atoms with Crippen LogP contribution in [0.5, 0.6) is 5.75 Å². The summed E-state index contributed by atoms with van der Waals surface area (Å²) in [4.78, 5) is 4.64. The molecule has 0 saturated heterocycles. The predicted molar refractivity (Wildman–Crippen MR) is 73.6 cm³/mol. The Morgan fingerprint density at radius 3 is 2.65 bits per heavy atom. The Balaban J connectivity index is 2.38. The molecule has 0 aliphatic carbocycles. The van der Waals surface area contributed by atoms with Crippen LogP contribution in [0.25, 0.3) is 0 Å². The van der Waals surface area contributed by atoms with Gasteiger partial charge in [0.05, 0.1) is 12.6 Å². The maximum absolute atomic E-state index is 5.85. The SMILES string of the molecule is COc1ccc([C@]2(C)N=C(N)SC[C@H]2C)cc1. The molecule has 1 aromatic carbocycles. The number of thioether (sulfide) groups is 1. The molecule has 0 fully saturated rings. The summed E-state index contributed by atoms with van der Waals surface area (Å²) in [5.74, 6) is 2.35. The first kappa shape index (κ1) is 12.3. The van der Waals surface area contributed by atoms with E-state index in [2.05, 4.69) is 31.0 Å². The van der Waals surface area contributed by atoms with Crippen LogP contribution < -0.4 is 10.5 Å². The van der Waals surface area contributed by atoms with Crippen molar-refractivity contribution in [3.05, 3.63) is 29.8 Å². The predicted octanol–water partition coefficient (Wildman–Crippen LogP) is 2.61. The monoisotopic (exact) mass is 250 g/mol. The van der Waals surface area contributed by atoms with E-state index in [1.807, 2.05) is 12.1 Å². The fourth-order valence-corrected chi connectivity index (χ4v) is 3.02. The van der Waals surface area contributed by atoms with Gasteiger partial charge in [0.2, 0.25) is 0 Å². The molecule has 2 atom stereocenters. The highest BCUT2D eigenvalue weighted by molar-refractivity contribution is 8.13. The van der Waals surface area contributed by atoms with Crippen LogP contribution in [-0.4, -0.2) is 18.0 Å². The number of methoxy groups -OCH3 is 1. The highest BCUT2D eigenvalue weighted by Gasteiger charge is 2.36. The van der Waals surface area contributed by atoms with Gasteiger partial charge in [-0.3, -0.25) is 4.99 Å². The Morgan fingerprint density at radius 2 is 2.06 bits per heavy atom. The van der Waals surface area contributed by atoms with Crippen LogP contribution in [0.15, 0.2) is 29.3 Å². The summed E-state index contributed by atoms with van der Waals surface area (Å²) in [5, 5.41) is 0.682. The first-order chi connectivity index (χ1) is 8.06. The van der Waals surface area contributed by atoms with Crippen LogP contribution >= 0.6 is 11.8 Å². The van der Waals surface area contributed by atoms with Crippen LogP contribution in [-0.2, 0) is 5.54 Å². The van der Waals surface area contributed by atoms with E-state index >= 15 is 0 Å². The summed E-state index contributed by atoms with van der Waals surface area (Å²) in [6.45, 7) is 4.36. The smallest absolute Gasteiger partial charge is 0.154 e. The molecule has 0 spiro atoms. The lowest BCUT2D eigenvalue weighted by atomic mass is 9.82. The summed E-state index contributed by atoms with van der Waals surface area (Å²) in [7, 11) is 1.67. The van der Waals surface area contributed by atoms with Gasteiger partial charge in [0.25, 0.3) is 0 Å². The Labute approximate surface area is 106 Å². The fraction of sp³-hybridized carbons (Fsp3) is 0.462. The van der Waals surface area contributed by atoms with Crippen molar-refractivity contribution in [2.24, 2.45) is 16.6 Å². The maximum atomic E-state index is 5.85. The molecule has 4 heteroatoms. The van der Waals surface area contributed by atoms with Crippen molar-refractivity contribution >= 4 is 16.9 Å². The van der Waals surface area contributed by atoms with E-state index in [1.165, 1.54) is 5.56 Å². The van der Waals surface area contributed by atoms with Crippen molar-refractivity contribution < 1.29 is 4.74 Å². The number of hydrogen-bond acceptors (Lipinski definition) is 4. The third-order valence-electron chi connectivity index (χ3n) is 3.46. The van der Waals surface area contributed by atoms with E-state index in [1.54, 1.807) is 18.9 Å². The van der Waals surface area contributed by atoms with Gasteiger partial charge in [-0.25, -0.2) is 0 Å². The van der Waals surface area contributed by atoms with Gasteiger partial charge in [-0.15, -0.1) is 0 Å². The second kappa shape index (κ2) is 4.61. The Morgan fingerprint density at radius 1 is 1.41 bits per heavy atom. The molecule has 0 aromatic heterocycles. The Bertz CT molecular complexity index is 430. The summed E-state index contributed by atoms with van der Waals surface area (Å²) in [6, 6.07) is 8.09. The molecule has 3 nitrogen and oxygen atoms in total. The summed E-state index contributed by atoms with van der Waals surface area (Å²) >= 11 is 1.63. The number of amidine groups is 1. The molecule has 0 unspecified atom stereocenters. The molecular formula is C13H18N2OS. The summed E-state index contributed by atoms with van der Waals surface area (Å²) in [6.07, 6.45) is 0. The molecule has 1 aromatic rings. The van der Waals surface area contributed by atoms with E-state index in [-0.39, 0.29) is 5.54 Å². The minimum absolute atomic E-state index is 0.221. The van der Waals surface area contributed by atoms with Gasteiger partial charge < -0.3 is 10.5 Å². The molecular weight excluding hydrogens is 232 g/mol. The van der Waals surface area contributed by atoms with Crippen molar-refractivity contribution in [2.45, 2.75) is 19.4 Å². The minimum atomic E-state index is -0.221. The highest BCUT2D eigenvalue weighted by Crippen LogP contribution is 2.39. The standard InChI is InChI=1S/C13H18N2OS/c1-9-8-17-12(14)15-13(9,2)10-4-6-11(16-3)7-5-10/h4-7,9H,8H2,1-3H3,(H2,14,15)/t9-,13-/m1/s1. The lowest BCUT2D eigenvalue weighted by molar-refractivity contribution is 0.356. The molecule has 17 heavy (non-hydrogen) atoms. The Kier molecular flexibility index (Phi) is 3.33. The van der Waals surface area contributed by atoms with Crippen molar-refractivity contribution in [2.75, 3.05) is 12.9 Å². The number of hydrogen-bond donors (Lipinski definition) is 1. The number of rotatable bonds is 2. The zero-order valence-corrected chi connectivity index (χ0v) is 11.3. The number of nitrogens with zero attached hydrogens (tertiary/aromatic N) is 1. The number of ether oxygens (including phenoxy) is 1. The molecule has 0 saturated carbocycles. The fourth-order valence-electron chi connectivity index (χ4n) is 2.02. The molecule has 2 rings (SSSR count). The summed E-state index contributed by atoms with van der Waals surface area (Å²) in [5.41, 5.74) is 6.82. The van der Waals surface area contributed by atoms with Crippen LogP contribution in [0.4, 0.5) is 0 Å². The third-order valence-corrected chi connectivity index (χ3v) is 4.51. The van der Waals surface area contributed by atoms with E-state index in [4.69, 9.17) is 10.5 Å². The molecule has 0 amide bonds. The topological polar surface area (TPSA) is 47.6 Å². The van der Waals surface area contributed by atoms with Gasteiger partial charge in [0.1, 0.15) is 5.75 Å². The normalized spacial score (nSPS) is 28.6. The second-order valence-electron chi connectivity index (χ2n) is 4.54. The van der Waals surface area contributed by atoms with E-state index in [0.29, 0.717) is 11.1 Å². The second-order valence-corrected chi connectivity index (χ2v) is 5.58. The van der Waals surface area contributed by atoms with Crippen molar-refractivity contribution in [1.29, 1.82) is 0 Å². The molecule has 92 valence electrons. The molecule has 0 bridgehead atoms. The van der Waals surface area contributed by atoms with Crippen LogP contribution in [0.2, 0.25) is 0 Å². The van der Waals surface area contributed by atoms with Gasteiger partial charge in [-0.05, 0) is 30.5 Å². The zero-order valence-electron chi connectivity index (χ0n) is 10.4. The quantitative estimate of drug-likeness (QED) is 0.877. The minimum Gasteiger partial charge on any atom is -0.497 e. The molecule has 1 heterocycles. The average Bonchev–Trinajstić information content (AvgIpc) is 2.34. The first-order valence-electron chi connectivity index (χ1n) is 5.69. The first-order valence-corrected chi connectivity index (χ1v) is 6.67. The van der Waals surface area contributed by atoms with E-state index in [9.17, 15) is 0 Å². The summed E-state index contributed by atoms with van der Waals surface area (Å²) < 4.78 is 5.17. The van der Waals surface area contributed by atoms with Crippen molar-refractivity contribution in [1.82, 2.24) is 0 Å². The van der Waals surface area contributed by atoms with Gasteiger partial charge in [-0.2, -0.15) is 0 Å². The van der Waals surface area contributed by atoms with E-state index < -0.39 is 0 Å². The molecule has 2 N–H and O–H groups in total. The molecule has 1 aliphatic heterocycles. The number of aliphatic imine (C=N–C) groups is 1. The largest absolute Gasteiger partial charge is 0.497 e. The zero-order chi connectivity index (χ0) is 12.5. The average molecular weight is 250 g/mol. The van der Waals surface area contributed by atoms with Gasteiger partial charge in [-0.1, -0.05) is 30.8 Å². The van der Waals surface area contributed by atoms with Crippen LogP contribution in [0.1, 0.15) is 19.4 Å². The van der Waals surface area contributed by atoms with Gasteiger partial charge in [0, 0.05) is 5.75 Å². The Hall–Kier alpha value is -1.16. The lowest BCUT2D eigenvalue weighted by Crippen LogP contribution is -2.36. The third kappa shape index (κ3) is 2.27. The van der Waals surface area contributed by atoms with Gasteiger partial charge >= 0.3 is 0 Å². The lowest BCUT2D eigenvalue weighted by Gasteiger charge is -2.36. The van der Waals surface area contributed by atoms with E-state index in [0.717, 1.165) is 11.5 Å². The molecule has 0 radical (unpaired) electrons. The van der Waals surface area contributed by atoms with Gasteiger partial charge in [0.15, 0.2) is 5.17 Å². The molecule has 1 aliphatic rings. The van der Waals surface area contributed by atoms with Crippen molar-refractivity contribution in [3.63, 3.8) is 0 Å². The van der Waals surface area contributed by atoms with Crippen LogP contribution in [0.3, 0.4) is 0 Å². The highest BCUT2D eigenvalue weighted by atomic mass is 32.2.